The average Bonchev–Trinajstić information content (AvgIpc) is 2.93. The Bertz CT molecular complexity index is 348. The molecule has 1 aliphatic rings. The first-order chi connectivity index (χ1) is 8.76. The fourth-order valence-corrected chi connectivity index (χ4v) is 3.23. The molecular formula is C17H27N. The van der Waals surface area contributed by atoms with Crippen molar-refractivity contribution in [3.63, 3.8) is 0 Å². The predicted molar refractivity (Wildman–Crippen MR) is 78.9 cm³/mol. The van der Waals surface area contributed by atoms with Gasteiger partial charge < -0.3 is 5.32 Å². The van der Waals surface area contributed by atoms with E-state index in [1.807, 2.05) is 0 Å². The van der Waals surface area contributed by atoms with Crippen molar-refractivity contribution in [3.05, 3.63) is 35.4 Å². The lowest BCUT2D eigenvalue weighted by Crippen LogP contribution is -2.23. The van der Waals surface area contributed by atoms with Crippen LogP contribution in [0.4, 0.5) is 0 Å². The van der Waals surface area contributed by atoms with E-state index in [4.69, 9.17) is 0 Å². The van der Waals surface area contributed by atoms with E-state index in [0.717, 1.165) is 5.92 Å². The smallest absolute Gasteiger partial charge is 0.0346 e. The summed E-state index contributed by atoms with van der Waals surface area (Å²) in [6, 6.07) is 9.87. The minimum Gasteiger partial charge on any atom is -0.313 e. The summed E-state index contributed by atoms with van der Waals surface area (Å²) in [6.45, 7) is 4.56. The molecule has 18 heavy (non-hydrogen) atoms. The van der Waals surface area contributed by atoms with Gasteiger partial charge in [-0.2, -0.15) is 0 Å². The largest absolute Gasteiger partial charge is 0.313 e. The van der Waals surface area contributed by atoms with Crippen LogP contribution in [0.1, 0.15) is 69.0 Å². The van der Waals surface area contributed by atoms with Gasteiger partial charge in [0.2, 0.25) is 0 Å². The molecule has 2 unspecified atom stereocenters. The highest BCUT2D eigenvalue weighted by molar-refractivity contribution is 5.27. The quantitative estimate of drug-likeness (QED) is 0.796. The number of rotatable bonds is 5. The van der Waals surface area contributed by atoms with Gasteiger partial charge in [0.25, 0.3) is 0 Å². The van der Waals surface area contributed by atoms with Crippen molar-refractivity contribution in [2.24, 2.45) is 5.92 Å². The number of benzene rings is 1. The van der Waals surface area contributed by atoms with Gasteiger partial charge in [-0.05, 0) is 49.3 Å². The van der Waals surface area contributed by atoms with Gasteiger partial charge in [0.15, 0.2) is 0 Å². The zero-order chi connectivity index (χ0) is 13.0. The topological polar surface area (TPSA) is 12.0 Å². The van der Waals surface area contributed by atoms with E-state index < -0.39 is 0 Å². The third-order valence-corrected chi connectivity index (χ3v) is 4.66. The molecule has 1 N–H and O–H groups in total. The maximum absolute atomic E-state index is 3.52. The number of nitrogens with one attached hydrogen (secondary N) is 1. The molecule has 1 heteroatoms. The summed E-state index contributed by atoms with van der Waals surface area (Å²) in [7, 11) is 2.10. The summed E-state index contributed by atoms with van der Waals surface area (Å²) in [5.74, 6) is 1.52. The normalized spacial score (nSPS) is 19.9. The van der Waals surface area contributed by atoms with Gasteiger partial charge in [0, 0.05) is 6.04 Å². The zero-order valence-electron chi connectivity index (χ0n) is 12.1. The lowest BCUT2D eigenvalue weighted by atomic mass is 9.89. The predicted octanol–water partition coefficient (Wildman–Crippen LogP) is 4.65. The lowest BCUT2D eigenvalue weighted by molar-refractivity contribution is 0.390. The summed E-state index contributed by atoms with van der Waals surface area (Å²) < 4.78 is 0. The lowest BCUT2D eigenvalue weighted by Gasteiger charge is -2.24. The summed E-state index contributed by atoms with van der Waals surface area (Å²) in [4.78, 5) is 0. The van der Waals surface area contributed by atoms with Crippen molar-refractivity contribution in [2.75, 3.05) is 7.05 Å². The third kappa shape index (κ3) is 2.95. The molecule has 0 heterocycles. The van der Waals surface area contributed by atoms with Crippen LogP contribution >= 0.6 is 0 Å². The minimum absolute atomic E-state index is 0.554. The van der Waals surface area contributed by atoms with Crippen LogP contribution in [0.25, 0.3) is 0 Å². The van der Waals surface area contributed by atoms with Crippen LogP contribution in [0.3, 0.4) is 0 Å². The second kappa shape index (κ2) is 6.38. The van der Waals surface area contributed by atoms with Crippen molar-refractivity contribution < 1.29 is 0 Å². The molecule has 1 aromatic carbocycles. The van der Waals surface area contributed by atoms with Crippen molar-refractivity contribution >= 4 is 0 Å². The summed E-state index contributed by atoms with van der Waals surface area (Å²) >= 11 is 0. The summed E-state index contributed by atoms with van der Waals surface area (Å²) in [5, 5.41) is 3.52. The Labute approximate surface area is 112 Å². The van der Waals surface area contributed by atoms with Crippen molar-refractivity contribution in [1.29, 1.82) is 0 Å². The summed E-state index contributed by atoms with van der Waals surface area (Å²) in [6.07, 6.45) is 6.82. The molecule has 1 aromatic rings. The summed E-state index contributed by atoms with van der Waals surface area (Å²) in [5.41, 5.74) is 2.94. The number of hydrogen-bond acceptors (Lipinski definition) is 1. The Hall–Kier alpha value is -0.820. The monoisotopic (exact) mass is 245 g/mol. The fraction of sp³-hybridized carbons (Fsp3) is 0.647. The molecular weight excluding hydrogens is 218 g/mol. The van der Waals surface area contributed by atoms with Crippen LogP contribution in [0.15, 0.2) is 24.3 Å². The molecule has 100 valence electrons. The second-order valence-corrected chi connectivity index (χ2v) is 5.79. The Balaban J connectivity index is 2.11. The van der Waals surface area contributed by atoms with Crippen molar-refractivity contribution in [1.82, 2.24) is 5.32 Å². The van der Waals surface area contributed by atoms with Crippen LogP contribution in [0.2, 0.25) is 0 Å². The van der Waals surface area contributed by atoms with Gasteiger partial charge in [-0.25, -0.2) is 0 Å². The molecule has 0 saturated heterocycles. The Kier molecular flexibility index (Phi) is 4.82. The van der Waals surface area contributed by atoms with Gasteiger partial charge in [-0.1, -0.05) is 51.0 Å². The first kappa shape index (κ1) is 13.6. The van der Waals surface area contributed by atoms with Crippen molar-refractivity contribution in [2.45, 2.75) is 57.9 Å². The molecule has 1 nitrogen and oxygen atoms in total. The first-order valence-electron chi connectivity index (χ1n) is 7.53. The van der Waals surface area contributed by atoms with E-state index in [0.29, 0.717) is 12.0 Å². The van der Waals surface area contributed by atoms with Gasteiger partial charge in [-0.15, -0.1) is 0 Å². The molecule has 1 aliphatic carbocycles. The molecule has 2 atom stereocenters. The van der Waals surface area contributed by atoms with Gasteiger partial charge in [0.1, 0.15) is 0 Å². The van der Waals surface area contributed by atoms with Crippen molar-refractivity contribution in [3.8, 4) is 0 Å². The average molecular weight is 245 g/mol. The van der Waals surface area contributed by atoms with E-state index in [9.17, 15) is 0 Å². The Morgan fingerprint density at radius 2 is 1.67 bits per heavy atom. The molecule has 0 bridgehead atoms. The fourth-order valence-electron chi connectivity index (χ4n) is 3.23. The maximum atomic E-state index is 3.52. The maximum Gasteiger partial charge on any atom is 0.0346 e. The van der Waals surface area contributed by atoms with Crippen LogP contribution < -0.4 is 5.32 Å². The van der Waals surface area contributed by atoms with Gasteiger partial charge >= 0.3 is 0 Å². The van der Waals surface area contributed by atoms with E-state index in [1.54, 1.807) is 0 Å². The van der Waals surface area contributed by atoms with Crippen LogP contribution in [0.5, 0.6) is 0 Å². The third-order valence-electron chi connectivity index (χ3n) is 4.66. The standard InChI is InChI=1S/C17H27N/c1-4-13(2)14-9-11-16(12-10-14)17(18-3)15-7-5-6-8-15/h9-13,15,17-18H,4-8H2,1-3H3. The van der Waals surface area contributed by atoms with Gasteiger partial charge in [-0.3, -0.25) is 0 Å². The van der Waals surface area contributed by atoms with E-state index in [-0.39, 0.29) is 0 Å². The molecule has 0 aliphatic heterocycles. The SMILES string of the molecule is CCC(C)c1ccc(C(NC)C2CCCC2)cc1. The minimum atomic E-state index is 0.554. The van der Waals surface area contributed by atoms with E-state index in [1.165, 1.54) is 43.2 Å². The molecule has 0 radical (unpaired) electrons. The van der Waals surface area contributed by atoms with Gasteiger partial charge in [0.05, 0.1) is 0 Å². The number of hydrogen-bond donors (Lipinski definition) is 1. The van der Waals surface area contributed by atoms with Crippen LogP contribution in [-0.4, -0.2) is 7.05 Å². The first-order valence-corrected chi connectivity index (χ1v) is 7.53. The molecule has 0 amide bonds. The molecule has 0 spiro atoms. The molecule has 1 saturated carbocycles. The van der Waals surface area contributed by atoms with Crippen LogP contribution in [-0.2, 0) is 0 Å². The Morgan fingerprint density at radius 3 is 2.17 bits per heavy atom. The molecule has 2 rings (SSSR count). The Morgan fingerprint density at radius 1 is 1.11 bits per heavy atom. The molecule has 1 fully saturated rings. The van der Waals surface area contributed by atoms with E-state index in [2.05, 4.69) is 50.5 Å². The highest BCUT2D eigenvalue weighted by Gasteiger charge is 2.24. The molecule has 0 aromatic heterocycles. The second-order valence-electron chi connectivity index (χ2n) is 5.79. The van der Waals surface area contributed by atoms with Crippen LogP contribution in [0, 0.1) is 5.92 Å². The van der Waals surface area contributed by atoms with E-state index >= 15 is 0 Å². The highest BCUT2D eigenvalue weighted by Crippen LogP contribution is 2.35. The highest BCUT2D eigenvalue weighted by atomic mass is 14.9. The zero-order valence-corrected chi connectivity index (χ0v) is 12.1.